The van der Waals surface area contributed by atoms with Crippen LogP contribution < -0.4 is 11.1 Å². The predicted molar refractivity (Wildman–Crippen MR) is 78.5 cm³/mol. The molecule has 1 aromatic rings. The Bertz CT molecular complexity index is 464. The van der Waals surface area contributed by atoms with E-state index < -0.39 is 17.6 Å². The summed E-state index contributed by atoms with van der Waals surface area (Å²) in [5, 5.41) is 2.66. The van der Waals surface area contributed by atoms with Crippen molar-refractivity contribution < 1.29 is 18.0 Å². The van der Waals surface area contributed by atoms with Crippen LogP contribution in [0.25, 0.3) is 0 Å². The fourth-order valence-corrected chi connectivity index (χ4v) is 1.89. The number of benzene rings is 1. The number of nitrogens with two attached hydrogens (primary N) is 1. The van der Waals surface area contributed by atoms with Gasteiger partial charge in [-0.05, 0) is 30.5 Å². The predicted octanol–water partition coefficient (Wildman–Crippen LogP) is 3.23. The molecule has 3 nitrogen and oxygen atoms in total. The van der Waals surface area contributed by atoms with Crippen LogP contribution >= 0.6 is 12.4 Å². The summed E-state index contributed by atoms with van der Waals surface area (Å²) in [6.07, 6.45) is -3.78. The molecule has 0 aromatic heterocycles. The number of hydrogen-bond donors (Lipinski definition) is 2. The first kappa shape index (κ1) is 19.7. The molecule has 3 N–H and O–H groups in total. The minimum Gasteiger partial charge on any atom is -0.348 e. The number of carbonyl (C=O) groups is 1. The first-order valence-electron chi connectivity index (χ1n) is 6.42. The molecule has 120 valence electrons. The SMILES string of the molecule is CC(C)CC(CN)NC(=O)c1cccc(C(F)(F)F)c1.Cl. The van der Waals surface area contributed by atoms with Gasteiger partial charge in [-0.2, -0.15) is 13.2 Å². The van der Waals surface area contributed by atoms with Crippen LogP contribution in [0.3, 0.4) is 0 Å². The van der Waals surface area contributed by atoms with Crippen LogP contribution in [-0.4, -0.2) is 18.5 Å². The van der Waals surface area contributed by atoms with Crippen molar-refractivity contribution in [1.29, 1.82) is 0 Å². The maximum absolute atomic E-state index is 12.6. The molecule has 1 amide bonds. The summed E-state index contributed by atoms with van der Waals surface area (Å²) in [6.45, 7) is 4.22. The minimum absolute atomic E-state index is 0. The van der Waals surface area contributed by atoms with Crippen molar-refractivity contribution in [2.45, 2.75) is 32.5 Å². The standard InChI is InChI=1S/C14H19F3N2O.ClH/c1-9(2)6-12(8-18)19-13(20)10-4-3-5-11(7-10)14(15,16)17;/h3-5,7,9,12H,6,8,18H2,1-2H3,(H,19,20);1H. The first-order chi connectivity index (χ1) is 9.24. The highest BCUT2D eigenvalue weighted by Crippen LogP contribution is 2.29. The lowest BCUT2D eigenvalue weighted by atomic mass is 10.0. The normalized spacial score (nSPS) is 12.7. The van der Waals surface area contributed by atoms with E-state index in [1.54, 1.807) is 0 Å². The van der Waals surface area contributed by atoms with E-state index in [-0.39, 0.29) is 30.6 Å². The summed E-state index contributed by atoms with van der Waals surface area (Å²) in [7, 11) is 0. The molecular formula is C14H20ClF3N2O. The summed E-state index contributed by atoms with van der Waals surface area (Å²) in [5.74, 6) is -0.197. The van der Waals surface area contributed by atoms with Crippen LogP contribution in [0.4, 0.5) is 13.2 Å². The highest BCUT2D eigenvalue weighted by molar-refractivity contribution is 5.94. The van der Waals surface area contributed by atoms with E-state index in [4.69, 9.17) is 5.73 Å². The Morgan fingerprint density at radius 2 is 1.95 bits per heavy atom. The Hall–Kier alpha value is -1.27. The minimum atomic E-state index is -4.46. The summed E-state index contributed by atoms with van der Waals surface area (Å²) >= 11 is 0. The summed E-state index contributed by atoms with van der Waals surface area (Å²) in [6, 6.07) is 4.12. The molecule has 0 radical (unpaired) electrons. The molecular weight excluding hydrogens is 305 g/mol. The quantitative estimate of drug-likeness (QED) is 0.873. The fourth-order valence-electron chi connectivity index (χ4n) is 1.89. The second-order valence-electron chi connectivity index (χ2n) is 5.11. The maximum atomic E-state index is 12.6. The summed E-state index contributed by atoms with van der Waals surface area (Å²) in [5.41, 5.74) is 4.70. The Kier molecular flexibility index (Phi) is 7.74. The fraction of sp³-hybridized carbons (Fsp3) is 0.500. The van der Waals surface area contributed by atoms with Gasteiger partial charge in [0.15, 0.2) is 0 Å². The zero-order valence-electron chi connectivity index (χ0n) is 11.9. The number of alkyl halides is 3. The molecule has 0 heterocycles. The molecule has 0 aliphatic carbocycles. The van der Waals surface area contributed by atoms with E-state index in [2.05, 4.69) is 5.32 Å². The molecule has 1 rings (SSSR count). The van der Waals surface area contributed by atoms with Crippen LogP contribution in [0, 0.1) is 5.92 Å². The van der Waals surface area contributed by atoms with Crippen molar-refractivity contribution in [1.82, 2.24) is 5.32 Å². The maximum Gasteiger partial charge on any atom is 0.416 e. The average Bonchev–Trinajstić information content (AvgIpc) is 2.36. The smallest absolute Gasteiger partial charge is 0.348 e. The summed E-state index contributed by atoms with van der Waals surface area (Å²) < 4.78 is 37.7. The molecule has 0 spiro atoms. The van der Waals surface area contributed by atoms with E-state index in [9.17, 15) is 18.0 Å². The average molecular weight is 325 g/mol. The van der Waals surface area contributed by atoms with Gasteiger partial charge in [0.25, 0.3) is 5.91 Å². The van der Waals surface area contributed by atoms with E-state index in [0.717, 1.165) is 12.1 Å². The highest BCUT2D eigenvalue weighted by atomic mass is 35.5. The largest absolute Gasteiger partial charge is 0.416 e. The molecule has 0 bridgehead atoms. The van der Waals surface area contributed by atoms with Crippen LogP contribution in [0.2, 0.25) is 0 Å². The topological polar surface area (TPSA) is 55.1 Å². The molecule has 21 heavy (non-hydrogen) atoms. The molecule has 0 saturated carbocycles. The lowest BCUT2D eigenvalue weighted by molar-refractivity contribution is -0.137. The number of rotatable bonds is 5. The third-order valence-corrected chi connectivity index (χ3v) is 2.83. The van der Waals surface area contributed by atoms with Crippen LogP contribution in [0.5, 0.6) is 0 Å². The van der Waals surface area contributed by atoms with Gasteiger partial charge in [-0.15, -0.1) is 12.4 Å². The lowest BCUT2D eigenvalue weighted by Crippen LogP contribution is -2.41. The van der Waals surface area contributed by atoms with Gasteiger partial charge >= 0.3 is 6.18 Å². The zero-order chi connectivity index (χ0) is 15.3. The molecule has 1 atom stereocenters. The Balaban J connectivity index is 0.00000400. The highest BCUT2D eigenvalue weighted by Gasteiger charge is 2.31. The zero-order valence-corrected chi connectivity index (χ0v) is 12.7. The molecule has 0 aliphatic heterocycles. The molecule has 0 saturated heterocycles. The molecule has 0 fully saturated rings. The third kappa shape index (κ3) is 6.35. The third-order valence-electron chi connectivity index (χ3n) is 2.83. The van der Waals surface area contributed by atoms with Crippen molar-refractivity contribution in [3.63, 3.8) is 0 Å². The van der Waals surface area contributed by atoms with Crippen LogP contribution in [0.15, 0.2) is 24.3 Å². The van der Waals surface area contributed by atoms with E-state index >= 15 is 0 Å². The second kappa shape index (κ2) is 8.24. The van der Waals surface area contributed by atoms with Gasteiger partial charge in [0.05, 0.1) is 5.56 Å². The van der Waals surface area contributed by atoms with Crippen molar-refractivity contribution in [3.8, 4) is 0 Å². The van der Waals surface area contributed by atoms with E-state index in [1.165, 1.54) is 12.1 Å². The molecule has 1 aromatic carbocycles. The first-order valence-corrected chi connectivity index (χ1v) is 6.42. The molecule has 0 aliphatic rings. The van der Waals surface area contributed by atoms with Gasteiger partial charge in [-0.25, -0.2) is 0 Å². The summed E-state index contributed by atoms with van der Waals surface area (Å²) in [4.78, 5) is 11.9. The monoisotopic (exact) mass is 324 g/mol. The van der Waals surface area contributed by atoms with Gasteiger partial charge in [0.2, 0.25) is 0 Å². The van der Waals surface area contributed by atoms with Crippen LogP contribution in [-0.2, 0) is 6.18 Å². The Morgan fingerprint density at radius 1 is 1.33 bits per heavy atom. The van der Waals surface area contributed by atoms with E-state index in [0.29, 0.717) is 12.3 Å². The van der Waals surface area contributed by atoms with Gasteiger partial charge in [-0.1, -0.05) is 19.9 Å². The number of hydrogen-bond acceptors (Lipinski definition) is 2. The van der Waals surface area contributed by atoms with Gasteiger partial charge in [0.1, 0.15) is 0 Å². The van der Waals surface area contributed by atoms with Gasteiger partial charge < -0.3 is 11.1 Å². The van der Waals surface area contributed by atoms with Crippen molar-refractivity contribution in [2.75, 3.05) is 6.54 Å². The Labute approximate surface area is 128 Å². The number of carbonyl (C=O) groups excluding carboxylic acids is 1. The second-order valence-corrected chi connectivity index (χ2v) is 5.11. The van der Waals surface area contributed by atoms with Crippen molar-refractivity contribution >= 4 is 18.3 Å². The van der Waals surface area contributed by atoms with E-state index in [1.807, 2.05) is 13.8 Å². The molecule has 7 heteroatoms. The van der Waals surface area contributed by atoms with Crippen LogP contribution in [0.1, 0.15) is 36.2 Å². The Morgan fingerprint density at radius 3 is 2.43 bits per heavy atom. The number of halogens is 4. The number of amides is 1. The van der Waals surface area contributed by atoms with Crippen molar-refractivity contribution in [3.05, 3.63) is 35.4 Å². The molecule has 1 unspecified atom stereocenters. The van der Waals surface area contributed by atoms with Gasteiger partial charge in [0, 0.05) is 18.2 Å². The number of nitrogens with one attached hydrogen (secondary N) is 1. The van der Waals surface area contributed by atoms with Crippen molar-refractivity contribution in [2.24, 2.45) is 11.7 Å². The van der Waals surface area contributed by atoms with Gasteiger partial charge in [-0.3, -0.25) is 4.79 Å². The lowest BCUT2D eigenvalue weighted by Gasteiger charge is -2.19.